The maximum Gasteiger partial charge on any atom is 0.345 e. The molecule has 0 atom stereocenters. The highest BCUT2D eigenvalue weighted by Gasteiger charge is 2.11. The molecule has 6 heteroatoms. The third-order valence-corrected chi connectivity index (χ3v) is 5.44. The molecule has 0 amide bonds. The summed E-state index contributed by atoms with van der Waals surface area (Å²) in [6.07, 6.45) is 0. The van der Waals surface area contributed by atoms with Gasteiger partial charge in [-0.2, -0.15) is 4.37 Å². The van der Waals surface area contributed by atoms with Gasteiger partial charge < -0.3 is 5.11 Å². The first-order valence-electron chi connectivity index (χ1n) is 5.08. The van der Waals surface area contributed by atoms with Crippen LogP contribution in [-0.4, -0.2) is 15.4 Å². The zero-order valence-electron chi connectivity index (χ0n) is 8.99. The fourth-order valence-corrected chi connectivity index (χ4v) is 4.38. The third kappa shape index (κ3) is 2.14. The monoisotopic (exact) mass is 293 g/mol. The number of hydrogen-bond acceptors (Lipinski definition) is 5. The number of nitrogens with zero attached hydrogens (tertiary/aromatic N) is 1. The number of carboxylic acids is 1. The normalized spacial score (nSPS) is 10.9. The van der Waals surface area contributed by atoms with Gasteiger partial charge in [0.05, 0.1) is 9.73 Å². The maximum absolute atomic E-state index is 10.8. The van der Waals surface area contributed by atoms with Crippen molar-refractivity contribution in [3.05, 3.63) is 40.6 Å². The minimum atomic E-state index is -0.874. The topological polar surface area (TPSA) is 50.2 Å². The van der Waals surface area contributed by atoms with Gasteiger partial charge in [0.15, 0.2) is 0 Å². The summed E-state index contributed by atoms with van der Waals surface area (Å²) in [5.41, 5.74) is 0.985. The number of carbonyl (C=O) groups is 1. The molecule has 1 N–H and O–H groups in total. The van der Waals surface area contributed by atoms with Gasteiger partial charge in [-0.25, -0.2) is 4.79 Å². The Morgan fingerprint density at radius 1 is 1.33 bits per heavy atom. The van der Waals surface area contributed by atoms with E-state index in [1.54, 1.807) is 17.8 Å². The molecule has 3 aromatic rings. The second-order valence-corrected chi connectivity index (χ2v) is 6.57. The van der Waals surface area contributed by atoms with Crippen LogP contribution in [0.25, 0.3) is 10.9 Å². The summed E-state index contributed by atoms with van der Waals surface area (Å²) in [6.45, 7) is 0. The van der Waals surface area contributed by atoms with Crippen LogP contribution in [0.1, 0.15) is 9.67 Å². The number of rotatable bonds is 3. The van der Waals surface area contributed by atoms with E-state index in [9.17, 15) is 4.79 Å². The van der Waals surface area contributed by atoms with Crippen LogP contribution in [-0.2, 0) is 0 Å². The van der Waals surface area contributed by atoms with Crippen molar-refractivity contribution in [3.63, 3.8) is 0 Å². The van der Waals surface area contributed by atoms with Gasteiger partial charge in [0, 0.05) is 15.7 Å². The van der Waals surface area contributed by atoms with E-state index in [0.717, 1.165) is 20.0 Å². The van der Waals surface area contributed by atoms with E-state index in [0.29, 0.717) is 4.88 Å². The summed E-state index contributed by atoms with van der Waals surface area (Å²) in [7, 11) is 0. The minimum Gasteiger partial charge on any atom is -0.477 e. The first-order chi connectivity index (χ1) is 8.74. The largest absolute Gasteiger partial charge is 0.477 e. The van der Waals surface area contributed by atoms with Crippen LogP contribution < -0.4 is 0 Å². The fourth-order valence-electron chi connectivity index (χ4n) is 1.53. The first kappa shape index (κ1) is 11.7. The Hall–Kier alpha value is -1.37. The highest BCUT2D eigenvalue weighted by molar-refractivity contribution is 8.01. The lowest BCUT2D eigenvalue weighted by Gasteiger charge is -1.94. The molecule has 1 aromatic carbocycles. The maximum atomic E-state index is 10.8. The van der Waals surface area contributed by atoms with Crippen LogP contribution in [0.4, 0.5) is 0 Å². The molecule has 0 spiro atoms. The van der Waals surface area contributed by atoms with Gasteiger partial charge in [0.1, 0.15) is 4.88 Å². The molecule has 0 saturated carbocycles. The highest BCUT2D eigenvalue weighted by atomic mass is 32.2. The van der Waals surface area contributed by atoms with Crippen molar-refractivity contribution >= 4 is 51.5 Å². The Kier molecular flexibility index (Phi) is 3.07. The van der Waals surface area contributed by atoms with E-state index < -0.39 is 5.97 Å². The summed E-state index contributed by atoms with van der Waals surface area (Å²) in [5.74, 6) is -0.874. The molecule has 0 aliphatic heterocycles. The minimum absolute atomic E-state index is 0.367. The molecule has 0 bridgehead atoms. The Morgan fingerprint density at radius 2 is 2.17 bits per heavy atom. The van der Waals surface area contributed by atoms with Gasteiger partial charge in [-0.05, 0) is 23.7 Å². The van der Waals surface area contributed by atoms with E-state index >= 15 is 0 Å². The van der Waals surface area contributed by atoms with Crippen LogP contribution in [0.2, 0.25) is 0 Å². The van der Waals surface area contributed by atoms with Gasteiger partial charge in [-0.3, -0.25) is 0 Å². The molecule has 3 rings (SSSR count). The Balaban J connectivity index is 1.93. The van der Waals surface area contributed by atoms with Crippen molar-refractivity contribution in [2.75, 3.05) is 0 Å². The molecule has 0 fully saturated rings. The van der Waals surface area contributed by atoms with Crippen molar-refractivity contribution in [3.8, 4) is 0 Å². The van der Waals surface area contributed by atoms with E-state index in [1.165, 1.54) is 22.9 Å². The molecule has 0 aliphatic rings. The van der Waals surface area contributed by atoms with Gasteiger partial charge in [-0.1, -0.05) is 30.0 Å². The number of aromatic carboxylic acids is 1. The lowest BCUT2D eigenvalue weighted by atomic mass is 10.3. The Labute approximate surface area is 115 Å². The van der Waals surface area contributed by atoms with E-state index in [2.05, 4.69) is 4.37 Å². The molecule has 18 heavy (non-hydrogen) atoms. The molecular weight excluding hydrogens is 286 g/mol. The van der Waals surface area contributed by atoms with Gasteiger partial charge in [0.2, 0.25) is 0 Å². The van der Waals surface area contributed by atoms with Crippen LogP contribution >= 0.6 is 34.6 Å². The van der Waals surface area contributed by atoms with Crippen molar-refractivity contribution in [1.29, 1.82) is 0 Å². The highest BCUT2D eigenvalue weighted by Crippen LogP contribution is 2.38. The van der Waals surface area contributed by atoms with Crippen molar-refractivity contribution in [2.45, 2.75) is 9.10 Å². The number of thiophene rings is 1. The van der Waals surface area contributed by atoms with E-state index in [-0.39, 0.29) is 0 Å². The standard InChI is InChI=1S/C12H7NO2S3/c14-11(15)10-5-7(6-16-10)17-12-8-3-1-2-4-9(8)13-18-12/h1-6H,(H,14,15). The van der Waals surface area contributed by atoms with Crippen LogP contribution in [0, 0.1) is 0 Å². The summed E-state index contributed by atoms with van der Waals surface area (Å²) >= 11 is 4.26. The molecule has 0 saturated heterocycles. The van der Waals surface area contributed by atoms with E-state index in [1.807, 2.05) is 29.6 Å². The van der Waals surface area contributed by atoms with Crippen LogP contribution in [0.5, 0.6) is 0 Å². The Bertz CT molecular complexity index is 717. The number of benzene rings is 1. The lowest BCUT2D eigenvalue weighted by Crippen LogP contribution is -1.89. The molecule has 3 nitrogen and oxygen atoms in total. The second-order valence-electron chi connectivity index (χ2n) is 3.54. The van der Waals surface area contributed by atoms with Crippen LogP contribution in [0.15, 0.2) is 44.8 Å². The summed E-state index contributed by atoms with van der Waals surface area (Å²) in [6, 6.07) is 9.66. The zero-order valence-corrected chi connectivity index (χ0v) is 11.4. The molecular formula is C12H7NO2S3. The second kappa shape index (κ2) is 4.72. The first-order valence-corrected chi connectivity index (χ1v) is 7.55. The average Bonchev–Trinajstić information content (AvgIpc) is 2.98. The summed E-state index contributed by atoms with van der Waals surface area (Å²) < 4.78 is 5.46. The van der Waals surface area contributed by atoms with E-state index in [4.69, 9.17) is 5.11 Å². The van der Waals surface area contributed by atoms with Crippen molar-refractivity contribution < 1.29 is 9.90 Å². The summed E-state index contributed by atoms with van der Waals surface area (Å²) in [5, 5.41) is 11.9. The molecule has 2 aromatic heterocycles. The fraction of sp³-hybridized carbons (Fsp3) is 0. The molecule has 90 valence electrons. The third-order valence-electron chi connectivity index (χ3n) is 2.35. The quantitative estimate of drug-likeness (QED) is 0.786. The number of hydrogen-bond donors (Lipinski definition) is 1. The average molecular weight is 293 g/mol. The zero-order chi connectivity index (χ0) is 12.5. The van der Waals surface area contributed by atoms with Crippen LogP contribution in [0.3, 0.4) is 0 Å². The number of carboxylic acid groups (broad SMARTS) is 1. The lowest BCUT2D eigenvalue weighted by molar-refractivity contribution is 0.0702. The predicted octanol–water partition coefficient (Wildman–Crippen LogP) is 4.21. The molecule has 2 heterocycles. The van der Waals surface area contributed by atoms with Gasteiger partial charge in [-0.15, -0.1) is 11.3 Å². The summed E-state index contributed by atoms with van der Waals surface area (Å²) in [4.78, 5) is 12.1. The molecule has 0 radical (unpaired) electrons. The number of fused-ring (bicyclic) bond motifs is 1. The SMILES string of the molecule is O=C(O)c1cc(Sc2snc3ccccc23)cs1. The van der Waals surface area contributed by atoms with Crippen molar-refractivity contribution in [2.24, 2.45) is 0 Å². The smallest absolute Gasteiger partial charge is 0.345 e. The van der Waals surface area contributed by atoms with Crippen molar-refractivity contribution in [1.82, 2.24) is 4.37 Å². The van der Waals surface area contributed by atoms with Gasteiger partial charge in [0.25, 0.3) is 0 Å². The predicted molar refractivity (Wildman–Crippen MR) is 75.0 cm³/mol. The number of aromatic nitrogens is 1. The molecule has 0 aliphatic carbocycles. The molecule has 0 unspecified atom stereocenters. The van der Waals surface area contributed by atoms with Gasteiger partial charge >= 0.3 is 5.97 Å². The Morgan fingerprint density at radius 3 is 2.94 bits per heavy atom.